The second kappa shape index (κ2) is 9.56. The Labute approximate surface area is 155 Å². The molecule has 0 saturated carbocycles. The number of para-hydroxylation sites is 1. The Morgan fingerprint density at radius 1 is 1.24 bits per heavy atom. The van der Waals surface area contributed by atoms with Crippen molar-refractivity contribution in [2.45, 2.75) is 13.0 Å². The van der Waals surface area contributed by atoms with Crippen LogP contribution in [0.15, 0.2) is 42.7 Å². The average Bonchev–Trinajstić information content (AvgIpc) is 3.09. The van der Waals surface area contributed by atoms with Crippen LogP contribution in [0.25, 0.3) is 5.69 Å². The van der Waals surface area contributed by atoms with E-state index in [1.165, 1.54) is 0 Å². The van der Waals surface area contributed by atoms with Crippen LogP contribution in [-0.4, -0.2) is 65.3 Å². The highest BCUT2D eigenvalue weighted by molar-refractivity contribution is 5.85. The molecule has 1 fully saturated rings. The molecule has 0 unspecified atom stereocenters. The molecule has 1 saturated heterocycles. The average molecular weight is 364 g/mol. The van der Waals surface area contributed by atoms with Gasteiger partial charge in [0.25, 0.3) is 0 Å². The maximum absolute atomic E-state index is 12.2. The number of hydrogen-bond donors (Lipinski definition) is 1. The lowest BCUT2D eigenvalue weighted by Crippen LogP contribution is -2.47. The summed E-state index contributed by atoms with van der Waals surface area (Å²) in [5, 5.41) is 7.69. The Bertz CT molecular complexity index is 654. The number of nitrogens with one attached hydrogen (secondary N) is 1. The molecule has 3 rings (SSSR count). The van der Waals surface area contributed by atoms with E-state index in [1.54, 1.807) is 0 Å². The van der Waals surface area contributed by atoms with Gasteiger partial charge in [-0.2, -0.15) is 5.10 Å². The molecule has 6 nitrogen and oxygen atoms in total. The molecule has 0 atom stereocenters. The number of piperazine rings is 1. The molecule has 1 aromatic carbocycles. The fourth-order valence-electron chi connectivity index (χ4n) is 2.91. The topological polar surface area (TPSA) is 53.4 Å². The number of carbonyl (C=O) groups excluding carboxylic acids is 1. The third-order valence-corrected chi connectivity index (χ3v) is 4.29. The van der Waals surface area contributed by atoms with Crippen molar-refractivity contribution < 1.29 is 4.79 Å². The zero-order valence-corrected chi connectivity index (χ0v) is 15.4. The number of carbonyl (C=O) groups is 1. The summed E-state index contributed by atoms with van der Waals surface area (Å²) in [4.78, 5) is 16.3. The van der Waals surface area contributed by atoms with Crippen molar-refractivity contribution in [3.05, 3.63) is 48.3 Å². The van der Waals surface area contributed by atoms with Gasteiger partial charge in [0.15, 0.2) is 0 Å². The predicted molar refractivity (Wildman–Crippen MR) is 101 cm³/mol. The number of rotatable bonds is 6. The van der Waals surface area contributed by atoms with Gasteiger partial charge in [-0.1, -0.05) is 18.2 Å². The molecule has 1 N–H and O–H groups in total. The van der Waals surface area contributed by atoms with E-state index in [0.29, 0.717) is 6.42 Å². The minimum Gasteiger partial charge on any atom is -0.340 e. The van der Waals surface area contributed by atoms with Gasteiger partial charge in [0.05, 0.1) is 11.9 Å². The maximum atomic E-state index is 12.2. The summed E-state index contributed by atoms with van der Waals surface area (Å²) < 4.78 is 1.88. The van der Waals surface area contributed by atoms with Gasteiger partial charge in [0, 0.05) is 57.4 Å². The summed E-state index contributed by atoms with van der Waals surface area (Å²) in [5.74, 6) is 0.253. The summed E-state index contributed by atoms with van der Waals surface area (Å²) >= 11 is 0. The van der Waals surface area contributed by atoms with Crippen LogP contribution in [-0.2, 0) is 11.3 Å². The maximum Gasteiger partial charge on any atom is 0.223 e. The van der Waals surface area contributed by atoms with Gasteiger partial charge >= 0.3 is 0 Å². The molecule has 0 spiro atoms. The molecule has 1 aliphatic rings. The van der Waals surface area contributed by atoms with Gasteiger partial charge in [-0.05, 0) is 19.2 Å². The normalized spacial score (nSPS) is 14.4. The molecule has 2 heterocycles. The van der Waals surface area contributed by atoms with E-state index in [-0.39, 0.29) is 18.3 Å². The van der Waals surface area contributed by atoms with E-state index in [9.17, 15) is 4.79 Å². The van der Waals surface area contributed by atoms with E-state index >= 15 is 0 Å². The Kier molecular flexibility index (Phi) is 7.43. The molecule has 136 valence electrons. The van der Waals surface area contributed by atoms with E-state index in [4.69, 9.17) is 0 Å². The second-order valence-electron chi connectivity index (χ2n) is 6.25. The zero-order chi connectivity index (χ0) is 16.8. The van der Waals surface area contributed by atoms with Crippen molar-refractivity contribution in [3.63, 3.8) is 0 Å². The van der Waals surface area contributed by atoms with Gasteiger partial charge in [-0.3, -0.25) is 4.79 Å². The van der Waals surface area contributed by atoms with Crippen LogP contribution in [0.2, 0.25) is 0 Å². The standard InChI is InChI=1S/C18H25N5O.ClH/c1-21(10-7-18(24)22-11-8-19-9-12-22)14-16-13-20-23(15-16)17-5-3-2-4-6-17;/h2-6,13,15,19H,7-12,14H2,1H3;1H. The lowest BCUT2D eigenvalue weighted by Gasteiger charge is -2.28. The van der Waals surface area contributed by atoms with Crippen LogP contribution in [0.5, 0.6) is 0 Å². The SMILES string of the molecule is CN(CCC(=O)N1CCNCC1)Cc1cnn(-c2ccccc2)c1.Cl. The minimum atomic E-state index is 0. The Hall–Kier alpha value is -1.89. The van der Waals surface area contributed by atoms with Crippen LogP contribution in [0.4, 0.5) is 0 Å². The number of hydrogen-bond acceptors (Lipinski definition) is 4. The van der Waals surface area contributed by atoms with Gasteiger partial charge in [0.2, 0.25) is 5.91 Å². The second-order valence-corrected chi connectivity index (χ2v) is 6.25. The van der Waals surface area contributed by atoms with Crippen LogP contribution >= 0.6 is 12.4 Å². The minimum absolute atomic E-state index is 0. The number of benzene rings is 1. The molecule has 7 heteroatoms. The first-order chi connectivity index (χ1) is 11.7. The zero-order valence-electron chi connectivity index (χ0n) is 14.6. The fraction of sp³-hybridized carbons (Fsp3) is 0.444. The van der Waals surface area contributed by atoms with E-state index < -0.39 is 0 Å². The lowest BCUT2D eigenvalue weighted by molar-refractivity contribution is -0.132. The van der Waals surface area contributed by atoms with Crippen LogP contribution in [0.1, 0.15) is 12.0 Å². The fourth-order valence-corrected chi connectivity index (χ4v) is 2.91. The molecule has 0 radical (unpaired) electrons. The van der Waals surface area contributed by atoms with E-state index in [1.807, 2.05) is 59.4 Å². The van der Waals surface area contributed by atoms with Crippen molar-refractivity contribution in [1.29, 1.82) is 0 Å². The van der Waals surface area contributed by atoms with E-state index in [0.717, 1.165) is 50.5 Å². The summed E-state index contributed by atoms with van der Waals surface area (Å²) in [6, 6.07) is 10.1. The third kappa shape index (κ3) is 5.56. The molecule has 0 aliphatic carbocycles. The first-order valence-corrected chi connectivity index (χ1v) is 8.48. The van der Waals surface area contributed by atoms with Gasteiger partial charge in [-0.25, -0.2) is 4.68 Å². The lowest BCUT2D eigenvalue weighted by atomic mass is 10.2. The molecule has 25 heavy (non-hydrogen) atoms. The molecule has 1 amide bonds. The highest BCUT2D eigenvalue weighted by atomic mass is 35.5. The highest BCUT2D eigenvalue weighted by Gasteiger charge is 2.16. The molecule has 1 aromatic heterocycles. The van der Waals surface area contributed by atoms with Crippen molar-refractivity contribution in [2.75, 3.05) is 39.8 Å². The monoisotopic (exact) mass is 363 g/mol. The Balaban J connectivity index is 0.00000225. The first-order valence-electron chi connectivity index (χ1n) is 8.48. The van der Waals surface area contributed by atoms with Crippen molar-refractivity contribution >= 4 is 18.3 Å². The van der Waals surface area contributed by atoms with E-state index in [2.05, 4.69) is 15.3 Å². The van der Waals surface area contributed by atoms with Crippen LogP contribution in [0.3, 0.4) is 0 Å². The highest BCUT2D eigenvalue weighted by Crippen LogP contribution is 2.09. The summed E-state index contributed by atoms with van der Waals surface area (Å²) in [6.45, 7) is 5.01. The van der Waals surface area contributed by atoms with Gasteiger partial charge in [0.1, 0.15) is 0 Å². The Morgan fingerprint density at radius 3 is 2.68 bits per heavy atom. The summed E-state index contributed by atoms with van der Waals surface area (Å²) in [5.41, 5.74) is 2.20. The number of halogens is 1. The quantitative estimate of drug-likeness (QED) is 0.846. The largest absolute Gasteiger partial charge is 0.340 e. The number of nitrogens with zero attached hydrogens (tertiary/aromatic N) is 4. The smallest absolute Gasteiger partial charge is 0.223 e. The summed E-state index contributed by atoms with van der Waals surface area (Å²) in [7, 11) is 2.05. The molecule has 1 aliphatic heterocycles. The van der Waals surface area contributed by atoms with Gasteiger partial charge in [-0.15, -0.1) is 12.4 Å². The summed E-state index contributed by atoms with van der Waals surface area (Å²) in [6.07, 6.45) is 4.51. The number of aromatic nitrogens is 2. The van der Waals surface area contributed by atoms with Crippen molar-refractivity contribution in [1.82, 2.24) is 24.9 Å². The molecular weight excluding hydrogens is 338 g/mol. The molecule has 0 bridgehead atoms. The number of amides is 1. The first kappa shape index (κ1) is 19.4. The molecule has 2 aromatic rings. The third-order valence-electron chi connectivity index (χ3n) is 4.29. The van der Waals surface area contributed by atoms with Crippen LogP contribution < -0.4 is 5.32 Å². The molecular formula is C18H26ClN5O. The van der Waals surface area contributed by atoms with Crippen molar-refractivity contribution in [3.8, 4) is 5.69 Å². The van der Waals surface area contributed by atoms with Crippen LogP contribution in [0, 0.1) is 0 Å². The predicted octanol–water partition coefficient (Wildman–Crippen LogP) is 1.55. The Morgan fingerprint density at radius 2 is 1.96 bits per heavy atom. The van der Waals surface area contributed by atoms with Gasteiger partial charge < -0.3 is 15.1 Å². The van der Waals surface area contributed by atoms with Crippen molar-refractivity contribution in [2.24, 2.45) is 0 Å².